The van der Waals surface area contributed by atoms with Gasteiger partial charge in [0.15, 0.2) is 0 Å². The molecule has 1 fully saturated rings. The topological polar surface area (TPSA) is 58.6 Å². The molecule has 0 aromatic heterocycles. The molecule has 0 bridgehead atoms. The van der Waals surface area contributed by atoms with Crippen LogP contribution < -0.4 is 5.32 Å². The van der Waals surface area contributed by atoms with Gasteiger partial charge in [0.1, 0.15) is 12.9 Å². The summed E-state index contributed by atoms with van der Waals surface area (Å²) in [4.78, 5) is 23.7. The molecule has 0 aromatic rings. The highest BCUT2D eigenvalue weighted by atomic mass is 127. The number of carbonyl (C=O) groups is 2. The van der Waals surface area contributed by atoms with Crippen molar-refractivity contribution < 1.29 is 23.1 Å². The second-order valence-electron chi connectivity index (χ2n) is 4.87. The number of likely N-dealkylation sites (tertiary alicyclic amines) is 1. The van der Waals surface area contributed by atoms with Crippen molar-refractivity contribution in [2.75, 3.05) is 32.5 Å². The van der Waals surface area contributed by atoms with Gasteiger partial charge in [0.2, 0.25) is 0 Å². The van der Waals surface area contributed by atoms with E-state index in [4.69, 9.17) is 4.74 Å². The maximum Gasteiger partial charge on any atom is 0.409 e. The maximum atomic E-state index is 14.2. The van der Waals surface area contributed by atoms with Crippen molar-refractivity contribution >= 4 is 42.5 Å². The molecule has 1 N–H and O–H groups in total. The van der Waals surface area contributed by atoms with Crippen LogP contribution in [0.5, 0.6) is 0 Å². The van der Waals surface area contributed by atoms with Crippen LogP contribution in [0.3, 0.4) is 0 Å². The Morgan fingerprint density at radius 3 is 2.91 bits per heavy atom. The van der Waals surface area contributed by atoms with Gasteiger partial charge in [-0.1, -0.05) is 15.0 Å². The fourth-order valence-electron chi connectivity index (χ4n) is 2.25. The summed E-state index contributed by atoms with van der Waals surface area (Å²) in [6, 6.07) is 0. The molecule has 5 nitrogen and oxygen atoms in total. The monoisotopic (exact) mass is 460 g/mol. The van der Waals surface area contributed by atoms with E-state index in [0.717, 1.165) is 6.08 Å². The van der Waals surface area contributed by atoms with Gasteiger partial charge in [-0.15, -0.1) is 0 Å². The molecule has 0 spiro atoms. The highest BCUT2D eigenvalue weighted by molar-refractivity contribution is 14.2. The quantitative estimate of drug-likeness (QED) is 0.208. The molecule has 1 heterocycles. The highest BCUT2D eigenvalue weighted by Gasteiger charge is 2.46. The molecule has 1 unspecified atom stereocenters. The minimum atomic E-state index is -2.95. The van der Waals surface area contributed by atoms with Gasteiger partial charge in [0.25, 0.3) is 5.92 Å². The minimum absolute atomic E-state index is 0.0516. The summed E-state index contributed by atoms with van der Waals surface area (Å²) in [5.41, 5.74) is 0.268. The van der Waals surface area contributed by atoms with Gasteiger partial charge >= 0.3 is 6.09 Å². The second kappa shape index (κ2) is 10.1. The number of aldehydes is 1. The van der Waals surface area contributed by atoms with Gasteiger partial charge in [-0.2, -0.15) is 0 Å². The zero-order chi connectivity index (χ0) is 17.3. The zero-order valence-corrected chi connectivity index (χ0v) is 15.6. The summed E-state index contributed by atoms with van der Waals surface area (Å²) >= 11 is 2.09. The maximum absolute atomic E-state index is 14.2. The van der Waals surface area contributed by atoms with E-state index in [2.05, 4.69) is 26.5 Å². The molecule has 0 radical (unpaired) electrons. The number of nitrogens with zero attached hydrogens (tertiary/aromatic N) is 1. The molecule has 9 heteroatoms. The molecule has 1 saturated heterocycles. The number of amides is 1. The number of nitrogens with one attached hydrogen (secondary N) is 1. The van der Waals surface area contributed by atoms with Crippen LogP contribution in [-0.4, -0.2) is 55.7 Å². The molecule has 0 aromatic carbocycles. The van der Waals surface area contributed by atoms with Gasteiger partial charge in [-0.3, -0.25) is 4.79 Å². The Morgan fingerprint density at radius 1 is 1.57 bits per heavy atom. The lowest BCUT2D eigenvalue weighted by Gasteiger charge is -2.38. The first kappa shape index (κ1) is 20.2. The van der Waals surface area contributed by atoms with Gasteiger partial charge < -0.3 is 15.0 Å². The number of hydrogen-bond acceptors (Lipinski definition) is 5. The Morgan fingerprint density at radius 2 is 2.30 bits per heavy atom. The number of allylic oxidation sites excluding steroid dienone is 2. The Labute approximate surface area is 150 Å². The number of rotatable bonds is 7. The van der Waals surface area contributed by atoms with Crippen LogP contribution in [0.4, 0.5) is 13.6 Å². The van der Waals surface area contributed by atoms with Gasteiger partial charge in [0, 0.05) is 32.3 Å². The standard InChI is InChI=1S/C14H19F2IN2O3S/c1-18-9-11(3-2-6-20)12-10-19(5-4-14(12,15)16)13(21)22-7-8-23-17/h2-3,6,9,12,18H,4-5,7-8,10H2,1H3/b3-2-,11-9+. The van der Waals surface area contributed by atoms with E-state index in [-0.39, 0.29) is 25.3 Å². The summed E-state index contributed by atoms with van der Waals surface area (Å²) < 4.78 is 33.5. The number of ether oxygens (including phenoxy) is 1. The van der Waals surface area contributed by atoms with Gasteiger partial charge in [-0.25, -0.2) is 13.6 Å². The van der Waals surface area contributed by atoms with E-state index in [1.807, 2.05) is 0 Å². The normalized spacial score (nSPS) is 21.3. The van der Waals surface area contributed by atoms with Crippen molar-refractivity contribution in [2.24, 2.45) is 5.92 Å². The molecule has 1 aliphatic heterocycles. The number of halogens is 3. The Bertz CT molecular complexity index is 475. The van der Waals surface area contributed by atoms with Crippen LogP contribution in [0.2, 0.25) is 0 Å². The number of carbonyl (C=O) groups excluding carboxylic acids is 2. The van der Waals surface area contributed by atoms with E-state index >= 15 is 0 Å². The Kier molecular flexibility index (Phi) is 8.88. The van der Waals surface area contributed by atoms with Crippen LogP contribution in [0.25, 0.3) is 0 Å². The largest absolute Gasteiger partial charge is 0.449 e. The van der Waals surface area contributed by atoms with Gasteiger partial charge in [0.05, 0.1) is 5.92 Å². The summed E-state index contributed by atoms with van der Waals surface area (Å²) in [6.45, 7) is 0.0398. The van der Waals surface area contributed by atoms with E-state index in [0.29, 0.717) is 12.0 Å². The van der Waals surface area contributed by atoms with Crippen LogP contribution in [-0.2, 0) is 9.53 Å². The van der Waals surface area contributed by atoms with E-state index in [1.165, 1.54) is 26.1 Å². The molecule has 0 saturated carbocycles. The molecule has 1 atom stereocenters. The Balaban J connectivity index is 2.85. The third-order valence-electron chi connectivity index (χ3n) is 3.35. The predicted molar refractivity (Wildman–Crippen MR) is 94.8 cm³/mol. The summed E-state index contributed by atoms with van der Waals surface area (Å²) in [5.74, 6) is -3.50. The van der Waals surface area contributed by atoms with Gasteiger partial charge in [-0.05, 0) is 39.1 Å². The van der Waals surface area contributed by atoms with Crippen LogP contribution >= 0.6 is 30.1 Å². The molecular weight excluding hydrogens is 441 g/mol. The van der Waals surface area contributed by atoms with E-state index < -0.39 is 24.4 Å². The fourth-order valence-corrected chi connectivity index (χ4v) is 2.94. The predicted octanol–water partition coefficient (Wildman–Crippen LogP) is 3.02. The zero-order valence-electron chi connectivity index (χ0n) is 12.6. The van der Waals surface area contributed by atoms with Crippen molar-refractivity contribution in [3.63, 3.8) is 0 Å². The average Bonchev–Trinajstić information content (AvgIpc) is 2.51. The summed E-state index contributed by atoms with van der Waals surface area (Å²) in [5, 5.41) is 2.70. The smallest absolute Gasteiger partial charge is 0.409 e. The molecular formula is C14H19F2IN2O3S. The summed E-state index contributed by atoms with van der Waals surface area (Å²) in [7, 11) is 3.09. The van der Waals surface area contributed by atoms with Crippen molar-refractivity contribution in [1.82, 2.24) is 10.2 Å². The minimum Gasteiger partial charge on any atom is -0.449 e. The molecule has 23 heavy (non-hydrogen) atoms. The average molecular weight is 460 g/mol. The third kappa shape index (κ3) is 6.28. The fraction of sp³-hybridized carbons (Fsp3) is 0.571. The van der Waals surface area contributed by atoms with Crippen molar-refractivity contribution in [1.29, 1.82) is 0 Å². The number of piperidine rings is 1. The Hall–Kier alpha value is -0.840. The molecule has 1 rings (SSSR count). The first-order valence-electron chi connectivity index (χ1n) is 6.98. The van der Waals surface area contributed by atoms with Crippen molar-refractivity contribution in [3.8, 4) is 0 Å². The van der Waals surface area contributed by atoms with Crippen molar-refractivity contribution in [3.05, 3.63) is 23.9 Å². The van der Waals surface area contributed by atoms with Crippen LogP contribution in [0.15, 0.2) is 23.9 Å². The van der Waals surface area contributed by atoms with E-state index in [1.54, 1.807) is 7.05 Å². The highest BCUT2D eigenvalue weighted by Crippen LogP contribution is 2.38. The SMILES string of the molecule is CN/C=C(\C=C/C=O)C1CN(C(=O)OCCSI)CCC1(F)F. The molecule has 1 amide bonds. The molecule has 1 aliphatic rings. The number of alkyl halides is 2. The third-order valence-corrected chi connectivity index (χ3v) is 4.99. The first-order chi connectivity index (χ1) is 11.0. The lowest BCUT2D eigenvalue weighted by atomic mass is 9.87. The van der Waals surface area contributed by atoms with E-state index in [9.17, 15) is 18.4 Å². The lowest BCUT2D eigenvalue weighted by Crippen LogP contribution is -2.50. The second-order valence-corrected chi connectivity index (χ2v) is 7.36. The van der Waals surface area contributed by atoms with Crippen molar-refractivity contribution in [2.45, 2.75) is 12.3 Å². The molecule has 0 aliphatic carbocycles. The number of hydrogen-bond donors (Lipinski definition) is 1. The lowest BCUT2D eigenvalue weighted by molar-refractivity contribution is -0.104. The first-order valence-corrected chi connectivity index (χ1v) is 10.5. The van der Waals surface area contributed by atoms with Crippen LogP contribution in [0, 0.1) is 5.92 Å². The summed E-state index contributed by atoms with van der Waals surface area (Å²) in [6.07, 6.45) is 3.42. The van der Waals surface area contributed by atoms with Crippen LogP contribution in [0.1, 0.15) is 6.42 Å². The molecule has 130 valence electrons.